The molecule has 0 aliphatic heterocycles. The summed E-state index contributed by atoms with van der Waals surface area (Å²) in [5.41, 5.74) is 13.1. The monoisotopic (exact) mass is 194 g/mol. The Hall–Kier alpha value is -1.49. The molecular formula is C9H14N4O. The summed E-state index contributed by atoms with van der Waals surface area (Å²) in [7, 11) is 0. The first-order valence-corrected chi connectivity index (χ1v) is 4.36. The van der Waals surface area contributed by atoms with Crippen LogP contribution in [-0.4, -0.2) is 15.9 Å². The quantitative estimate of drug-likeness (QED) is 0.683. The molecule has 5 nitrogen and oxygen atoms in total. The summed E-state index contributed by atoms with van der Waals surface area (Å²) in [6.45, 7) is 4.11. The minimum Gasteiger partial charge on any atom is -0.369 e. The van der Waals surface area contributed by atoms with Crippen LogP contribution in [-0.2, 0) is 17.8 Å². The molecule has 0 aliphatic rings. The zero-order chi connectivity index (χ0) is 10.7. The number of rotatable bonds is 3. The van der Waals surface area contributed by atoms with E-state index in [-0.39, 0.29) is 6.42 Å². The third-order valence-electron chi connectivity index (χ3n) is 2.00. The molecule has 1 heterocycles. The van der Waals surface area contributed by atoms with E-state index >= 15 is 0 Å². The average Bonchev–Trinajstić information content (AvgIpc) is 2.01. The Labute approximate surface area is 82.5 Å². The highest BCUT2D eigenvalue weighted by Crippen LogP contribution is 2.09. The highest BCUT2D eigenvalue weighted by Gasteiger charge is 2.08. The van der Waals surface area contributed by atoms with E-state index < -0.39 is 5.91 Å². The summed E-state index contributed by atoms with van der Waals surface area (Å²) < 4.78 is 0. The van der Waals surface area contributed by atoms with Crippen molar-refractivity contribution in [3.63, 3.8) is 0 Å². The number of hydrogen-bond donors (Lipinski definition) is 2. The fourth-order valence-electron chi connectivity index (χ4n) is 1.34. The van der Waals surface area contributed by atoms with Gasteiger partial charge in [-0.25, -0.2) is 9.97 Å². The molecule has 0 fully saturated rings. The Morgan fingerprint density at radius 2 is 1.79 bits per heavy atom. The van der Waals surface area contributed by atoms with Crippen LogP contribution in [0.2, 0.25) is 0 Å². The summed E-state index contributed by atoms with van der Waals surface area (Å²) in [5, 5.41) is 0. The fourth-order valence-corrected chi connectivity index (χ4v) is 1.34. The van der Waals surface area contributed by atoms with E-state index in [0.717, 1.165) is 17.0 Å². The van der Waals surface area contributed by atoms with E-state index in [4.69, 9.17) is 11.5 Å². The number of carbonyl (C=O) groups excluding carboxylic acids is 1. The van der Waals surface area contributed by atoms with E-state index in [2.05, 4.69) is 9.97 Å². The van der Waals surface area contributed by atoms with Gasteiger partial charge in [-0.3, -0.25) is 4.79 Å². The first kappa shape index (κ1) is 10.6. The van der Waals surface area contributed by atoms with Gasteiger partial charge in [0.2, 0.25) is 5.91 Å². The maximum Gasteiger partial charge on any atom is 0.225 e. The van der Waals surface area contributed by atoms with Gasteiger partial charge in [-0.15, -0.1) is 0 Å². The first-order valence-electron chi connectivity index (χ1n) is 4.36. The van der Waals surface area contributed by atoms with E-state index in [0.29, 0.717) is 12.4 Å². The van der Waals surface area contributed by atoms with Crippen molar-refractivity contribution in [2.75, 3.05) is 0 Å². The van der Waals surface area contributed by atoms with Crippen molar-refractivity contribution in [2.45, 2.75) is 26.8 Å². The predicted molar refractivity (Wildman–Crippen MR) is 52.3 cm³/mol. The van der Waals surface area contributed by atoms with Gasteiger partial charge in [0.25, 0.3) is 0 Å². The van der Waals surface area contributed by atoms with Crippen LogP contribution in [0, 0.1) is 13.8 Å². The molecule has 0 aliphatic carbocycles. The zero-order valence-corrected chi connectivity index (χ0v) is 8.37. The second-order valence-electron chi connectivity index (χ2n) is 3.14. The zero-order valence-electron chi connectivity index (χ0n) is 8.37. The Morgan fingerprint density at radius 1 is 1.29 bits per heavy atom. The molecular weight excluding hydrogens is 180 g/mol. The lowest BCUT2D eigenvalue weighted by molar-refractivity contribution is -0.117. The van der Waals surface area contributed by atoms with Crippen molar-refractivity contribution >= 4 is 5.91 Å². The van der Waals surface area contributed by atoms with Crippen molar-refractivity contribution in [3.05, 3.63) is 22.8 Å². The van der Waals surface area contributed by atoms with Gasteiger partial charge in [0, 0.05) is 23.5 Å². The molecule has 76 valence electrons. The summed E-state index contributed by atoms with van der Waals surface area (Å²) in [4.78, 5) is 19.0. The second kappa shape index (κ2) is 4.15. The van der Waals surface area contributed by atoms with E-state index in [1.807, 2.05) is 13.8 Å². The van der Waals surface area contributed by atoms with Crippen molar-refractivity contribution in [1.82, 2.24) is 9.97 Å². The maximum absolute atomic E-state index is 10.7. The van der Waals surface area contributed by atoms with Crippen LogP contribution in [0.4, 0.5) is 0 Å². The van der Waals surface area contributed by atoms with Gasteiger partial charge in [0.15, 0.2) is 0 Å². The Kier molecular flexibility index (Phi) is 3.14. The number of amides is 1. The molecule has 1 rings (SSSR count). The van der Waals surface area contributed by atoms with Crippen molar-refractivity contribution < 1.29 is 4.79 Å². The Balaban J connectivity index is 3.07. The van der Waals surface area contributed by atoms with Crippen molar-refractivity contribution in [1.29, 1.82) is 0 Å². The standard InChI is InChI=1S/C9H14N4O/c1-5-7(4-10)6(2)13-9(12-5)3-8(11)14/h3-4,10H2,1-2H3,(H2,11,14). The Morgan fingerprint density at radius 3 is 2.14 bits per heavy atom. The number of carbonyl (C=O) groups is 1. The van der Waals surface area contributed by atoms with Crippen LogP contribution in [0.3, 0.4) is 0 Å². The third-order valence-corrected chi connectivity index (χ3v) is 2.00. The van der Waals surface area contributed by atoms with E-state index in [1.165, 1.54) is 0 Å². The van der Waals surface area contributed by atoms with Crippen LogP contribution in [0.15, 0.2) is 0 Å². The molecule has 1 aromatic heterocycles. The van der Waals surface area contributed by atoms with Crippen LogP contribution in [0.25, 0.3) is 0 Å². The fraction of sp³-hybridized carbons (Fsp3) is 0.444. The number of nitrogens with two attached hydrogens (primary N) is 2. The largest absolute Gasteiger partial charge is 0.369 e. The second-order valence-corrected chi connectivity index (χ2v) is 3.14. The molecule has 14 heavy (non-hydrogen) atoms. The molecule has 0 bridgehead atoms. The van der Waals surface area contributed by atoms with Gasteiger partial charge in [0.05, 0.1) is 6.42 Å². The van der Waals surface area contributed by atoms with E-state index in [9.17, 15) is 4.79 Å². The highest BCUT2D eigenvalue weighted by atomic mass is 16.1. The van der Waals surface area contributed by atoms with Gasteiger partial charge in [-0.05, 0) is 13.8 Å². The first-order chi connectivity index (χ1) is 6.54. The summed E-state index contributed by atoms with van der Waals surface area (Å²) in [6, 6.07) is 0. The molecule has 0 saturated heterocycles. The smallest absolute Gasteiger partial charge is 0.225 e. The Bertz CT molecular complexity index is 339. The van der Waals surface area contributed by atoms with Crippen molar-refractivity contribution in [2.24, 2.45) is 11.5 Å². The minimum atomic E-state index is -0.427. The summed E-state index contributed by atoms with van der Waals surface area (Å²) in [6.07, 6.45) is 0.0759. The molecule has 0 saturated carbocycles. The van der Waals surface area contributed by atoms with Gasteiger partial charge < -0.3 is 11.5 Å². The van der Waals surface area contributed by atoms with Gasteiger partial charge in [0.1, 0.15) is 5.82 Å². The molecule has 0 spiro atoms. The average molecular weight is 194 g/mol. The van der Waals surface area contributed by atoms with Crippen LogP contribution in [0.1, 0.15) is 22.8 Å². The number of hydrogen-bond acceptors (Lipinski definition) is 4. The lowest BCUT2D eigenvalue weighted by atomic mass is 10.1. The number of aromatic nitrogens is 2. The summed E-state index contributed by atoms with van der Waals surface area (Å²) >= 11 is 0. The normalized spacial score (nSPS) is 10.2. The highest BCUT2D eigenvalue weighted by molar-refractivity contribution is 5.75. The van der Waals surface area contributed by atoms with Gasteiger partial charge in [-0.2, -0.15) is 0 Å². The number of aryl methyl sites for hydroxylation is 2. The van der Waals surface area contributed by atoms with Gasteiger partial charge >= 0.3 is 0 Å². The number of nitrogens with zero attached hydrogens (tertiary/aromatic N) is 2. The lowest BCUT2D eigenvalue weighted by Crippen LogP contribution is -2.17. The van der Waals surface area contributed by atoms with Crippen LogP contribution < -0.4 is 11.5 Å². The van der Waals surface area contributed by atoms with E-state index in [1.54, 1.807) is 0 Å². The van der Waals surface area contributed by atoms with Crippen LogP contribution in [0.5, 0.6) is 0 Å². The molecule has 1 aromatic rings. The predicted octanol–water partition coefficient (Wildman–Crippen LogP) is -0.420. The number of primary amides is 1. The minimum absolute atomic E-state index is 0.0759. The molecule has 0 aromatic carbocycles. The van der Waals surface area contributed by atoms with Gasteiger partial charge in [-0.1, -0.05) is 0 Å². The third kappa shape index (κ3) is 2.26. The molecule has 0 atom stereocenters. The van der Waals surface area contributed by atoms with Crippen molar-refractivity contribution in [3.8, 4) is 0 Å². The molecule has 0 unspecified atom stereocenters. The maximum atomic E-state index is 10.7. The van der Waals surface area contributed by atoms with Crippen LogP contribution >= 0.6 is 0 Å². The SMILES string of the molecule is Cc1nc(CC(N)=O)nc(C)c1CN. The molecule has 4 N–H and O–H groups in total. The summed E-state index contributed by atoms with van der Waals surface area (Å²) in [5.74, 6) is 0.0361. The topological polar surface area (TPSA) is 94.9 Å². The lowest BCUT2D eigenvalue weighted by Gasteiger charge is -2.07. The molecule has 5 heteroatoms. The molecule has 1 amide bonds. The molecule has 0 radical (unpaired) electrons.